The van der Waals surface area contributed by atoms with Crippen LogP contribution in [-0.4, -0.2) is 16.6 Å². The van der Waals surface area contributed by atoms with Crippen LogP contribution in [0.2, 0.25) is 5.15 Å². The van der Waals surface area contributed by atoms with Gasteiger partial charge in [-0.1, -0.05) is 17.7 Å². The van der Waals surface area contributed by atoms with E-state index in [0.717, 1.165) is 16.9 Å². The van der Waals surface area contributed by atoms with Crippen LogP contribution >= 0.6 is 11.6 Å². The highest BCUT2D eigenvalue weighted by Crippen LogP contribution is 2.24. The molecule has 0 N–H and O–H groups in total. The van der Waals surface area contributed by atoms with E-state index >= 15 is 0 Å². The molecule has 0 saturated carbocycles. The van der Waals surface area contributed by atoms with Crippen molar-refractivity contribution in [2.45, 2.75) is 27.4 Å². The van der Waals surface area contributed by atoms with Crippen LogP contribution in [-0.2, 0) is 11.3 Å². The Bertz CT molecular complexity index is 582. The Balaban J connectivity index is 2.21. The number of halogens is 1. The topological polar surface area (TPSA) is 44.2 Å². The summed E-state index contributed by atoms with van der Waals surface area (Å²) in [6, 6.07) is 7.57. The average molecular weight is 293 g/mol. The molecule has 2 rings (SSSR count). The SMILES string of the molecule is CCOCc1nc(Cl)cc(Oc2cc(C)cc(C)c2)n1. The van der Waals surface area contributed by atoms with E-state index in [9.17, 15) is 0 Å². The predicted molar refractivity (Wildman–Crippen MR) is 78.4 cm³/mol. The zero-order valence-corrected chi connectivity index (χ0v) is 12.6. The van der Waals surface area contributed by atoms with E-state index in [1.807, 2.05) is 32.9 Å². The van der Waals surface area contributed by atoms with E-state index in [4.69, 9.17) is 21.1 Å². The van der Waals surface area contributed by atoms with Gasteiger partial charge >= 0.3 is 0 Å². The predicted octanol–water partition coefficient (Wildman–Crippen LogP) is 4.08. The third-order valence-corrected chi connectivity index (χ3v) is 2.76. The number of hydrogen-bond acceptors (Lipinski definition) is 4. The fourth-order valence-corrected chi connectivity index (χ4v) is 2.06. The molecular weight excluding hydrogens is 276 g/mol. The molecule has 1 aromatic heterocycles. The van der Waals surface area contributed by atoms with E-state index < -0.39 is 0 Å². The highest BCUT2D eigenvalue weighted by molar-refractivity contribution is 6.29. The van der Waals surface area contributed by atoms with Crippen LogP contribution in [0, 0.1) is 13.8 Å². The van der Waals surface area contributed by atoms with E-state index in [1.54, 1.807) is 6.07 Å². The van der Waals surface area contributed by atoms with Crippen LogP contribution in [0.25, 0.3) is 0 Å². The minimum atomic E-state index is 0.320. The van der Waals surface area contributed by atoms with Gasteiger partial charge < -0.3 is 9.47 Å². The molecule has 20 heavy (non-hydrogen) atoms. The first kappa shape index (κ1) is 14.8. The summed E-state index contributed by atoms with van der Waals surface area (Å²) < 4.78 is 11.0. The van der Waals surface area contributed by atoms with Crippen molar-refractivity contribution >= 4 is 11.6 Å². The van der Waals surface area contributed by atoms with Crippen LogP contribution in [0.5, 0.6) is 11.6 Å². The summed E-state index contributed by atoms with van der Waals surface area (Å²) in [5.74, 6) is 1.67. The average Bonchev–Trinajstić information content (AvgIpc) is 2.34. The summed E-state index contributed by atoms with van der Waals surface area (Å²) in [6.45, 7) is 6.88. The summed E-state index contributed by atoms with van der Waals surface area (Å²) >= 11 is 5.97. The fourth-order valence-electron chi connectivity index (χ4n) is 1.86. The molecule has 4 nitrogen and oxygen atoms in total. The molecule has 106 valence electrons. The second-order valence-electron chi connectivity index (χ2n) is 4.51. The second-order valence-corrected chi connectivity index (χ2v) is 4.89. The van der Waals surface area contributed by atoms with Gasteiger partial charge in [-0.25, -0.2) is 4.98 Å². The molecule has 0 unspecified atom stereocenters. The first-order valence-corrected chi connectivity index (χ1v) is 6.82. The Morgan fingerprint density at radius 1 is 1.05 bits per heavy atom. The van der Waals surface area contributed by atoms with E-state index in [-0.39, 0.29) is 0 Å². The molecule has 0 saturated heterocycles. The Hall–Kier alpha value is -1.65. The Morgan fingerprint density at radius 3 is 2.40 bits per heavy atom. The van der Waals surface area contributed by atoms with Crippen LogP contribution in [0.3, 0.4) is 0 Å². The summed E-state index contributed by atoms with van der Waals surface area (Å²) in [5.41, 5.74) is 2.27. The molecule has 1 aromatic carbocycles. The lowest BCUT2D eigenvalue weighted by atomic mass is 10.1. The molecule has 0 radical (unpaired) electrons. The number of benzene rings is 1. The standard InChI is InChI=1S/C15H17ClN2O2/c1-4-19-9-14-17-13(16)8-15(18-14)20-12-6-10(2)5-11(3)7-12/h5-8H,4,9H2,1-3H3. The molecule has 0 aliphatic heterocycles. The van der Waals surface area contributed by atoms with Gasteiger partial charge in [0.1, 0.15) is 17.5 Å². The highest BCUT2D eigenvalue weighted by Gasteiger charge is 2.06. The first-order chi connectivity index (χ1) is 9.56. The van der Waals surface area contributed by atoms with Gasteiger partial charge in [0.2, 0.25) is 5.88 Å². The van der Waals surface area contributed by atoms with Gasteiger partial charge in [-0.2, -0.15) is 4.98 Å². The molecule has 0 aliphatic carbocycles. The zero-order valence-electron chi connectivity index (χ0n) is 11.8. The van der Waals surface area contributed by atoms with Crippen molar-refractivity contribution in [3.63, 3.8) is 0 Å². The van der Waals surface area contributed by atoms with Crippen LogP contribution in [0.4, 0.5) is 0 Å². The molecule has 2 aromatic rings. The second kappa shape index (κ2) is 6.68. The number of hydrogen-bond donors (Lipinski definition) is 0. The van der Waals surface area contributed by atoms with Gasteiger partial charge in [-0.3, -0.25) is 0 Å². The fraction of sp³-hybridized carbons (Fsp3) is 0.333. The summed E-state index contributed by atoms with van der Waals surface area (Å²) in [7, 11) is 0. The third-order valence-electron chi connectivity index (χ3n) is 2.57. The van der Waals surface area contributed by atoms with E-state index in [1.165, 1.54) is 0 Å². The van der Waals surface area contributed by atoms with Crippen molar-refractivity contribution in [3.05, 3.63) is 46.4 Å². The zero-order chi connectivity index (χ0) is 14.5. The van der Waals surface area contributed by atoms with Gasteiger partial charge in [0.05, 0.1) is 0 Å². The lowest BCUT2D eigenvalue weighted by Crippen LogP contribution is -2.01. The molecule has 0 fully saturated rings. The van der Waals surface area contributed by atoms with E-state index in [2.05, 4.69) is 16.0 Å². The van der Waals surface area contributed by atoms with Crippen molar-refractivity contribution in [2.24, 2.45) is 0 Å². The van der Waals surface area contributed by atoms with E-state index in [0.29, 0.717) is 30.1 Å². The molecular formula is C15H17ClN2O2. The third kappa shape index (κ3) is 4.18. The normalized spacial score (nSPS) is 10.6. The quantitative estimate of drug-likeness (QED) is 0.779. The molecule has 0 spiro atoms. The van der Waals surface area contributed by atoms with Crippen molar-refractivity contribution in [3.8, 4) is 11.6 Å². The number of rotatable bonds is 5. The maximum Gasteiger partial charge on any atom is 0.224 e. The lowest BCUT2D eigenvalue weighted by Gasteiger charge is -2.08. The monoisotopic (exact) mass is 292 g/mol. The summed E-state index contributed by atoms with van der Waals surface area (Å²) in [4.78, 5) is 8.38. The largest absolute Gasteiger partial charge is 0.439 e. The van der Waals surface area contributed by atoms with Crippen molar-refractivity contribution in [2.75, 3.05) is 6.61 Å². The van der Waals surface area contributed by atoms with Crippen LogP contribution < -0.4 is 4.74 Å². The minimum absolute atomic E-state index is 0.320. The van der Waals surface area contributed by atoms with Gasteiger partial charge in [0.25, 0.3) is 0 Å². The Morgan fingerprint density at radius 2 is 1.75 bits per heavy atom. The van der Waals surface area contributed by atoms with Gasteiger partial charge in [0, 0.05) is 12.7 Å². The van der Waals surface area contributed by atoms with Gasteiger partial charge in [0.15, 0.2) is 5.82 Å². The van der Waals surface area contributed by atoms with Gasteiger partial charge in [-0.05, 0) is 44.0 Å². The smallest absolute Gasteiger partial charge is 0.224 e. The minimum Gasteiger partial charge on any atom is -0.439 e. The number of nitrogens with zero attached hydrogens (tertiary/aromatic N) is 2. The number of aryl methyl sites for hydroxylation is 2. The Kier molecular flexibility index (Phi) is 4.93. The number of aromatic nitrogens is 2. The molecule has 0 bridgehead atoms. The summed E-state index contributed by atoms with van der Waals surface area (Å²) in [6.07, 6.45) is 0. The molecule has 5 heteroatoms. The number of ether oxygens (including phenoxy) is 2. The lowest BCUT2D eigenvalue weighted by molar-refractivity contribution is 0.128. The van der Waals surface area contributed by atoms with Crippen molar-refractivity contribution < 1.29 is 9.47 Å². The molecule has 0 amide bonds. The van der Waals surface area contributed by atoms with Crippen molar-refractivity contribution in [1.82, 2.24) is 9.97 Å². The molecule has 0 atom stereocenters. The first-order valence-electron chi connectivity index (χ1n) is 6.44. The maximum atomic E-state index is 5.97. The van der Waals surface area contributed by atoms with Gasteiger partial charge in [-0.15, -0.1) is 0 Å². The molecule has 1 heterocycles. The maximum absolute atomic E-state index is 5.97. The Labute approximate surface area is 123 Å². The van der Waals surface area contributed by atoms with Crippen LogP contribution in [0.1, 0.15) is 23.9 Å². The highest BCUT2D eigenvalue weighted by atomic mass is 35.5. The molecule has 0 aliphatic rings. The van der Waals surface area contributed by atoms with Crippen LogP contribution in [0.15, 0.2) is 24.3 Å². The summed E-state index contributed by atoms with van der Waals surface area (Å²) in [5, 5.41) is 0.342. The van der Waals surface area contributed by atoms with Crippen molar-refractivity contribution in [1.29, 1.82) is 0 Å².